The highest BCUT2D eigenvalue weighted by atomic mass is 35.5. The molecule has 20 heavy (non-hydrogen) atoms. The fraction of sp³-hybridized carbons (Fsp3) is 0.133. The average Bonchev–Trinajstić information content (AvgIpc) is 2.42. The zero-order chi connectivity index (χ0) is 14.7. The lowest BCUT2D eigenvalue weighted by Gasteiger charge is -2.13. The van der Waals surface area contributed by atoms with E-state index in [4.69, 9.17) is 28.5 Å². The van der Waals surface area contributed by atoms with Crippen LogP contribution in [0.2, 0.25) is 10.0 Å². The molecule has 0 aliphatic heterocycles. The highest BCUT2D eigenvalue weighted by Crippen LogP contribution is 2.38. The van der Waals surface area contributed by atoms with Crippen molar-refractivity contribution in [2.75, 3.05) is 0 Å². The molecule has 0 saturated carbocycles. The Hall–Kier alpha value is -1.18. The van der Waals surface area contributed by atoms with Crippen LogP contribution in [0.25, 0.3) is 0 Å². The summed E-state index contributed by atoms with van der Waals surface area (Å²) >= 11 is 13.5. The number of nitrogens with zero attached hydrogens (tertiary/aromatic N) is 1. The Morgan fingerprint density at radius 1 is 1.15 bits per heavy atom. The molecule has 102 valence electrons. The van der Waals surface area contributed by atoms with Gasteiger partial charge in [-0.1, -0.05) is 41.0 Å². The Morgan fingerprint density at radius 2 is 1.90 bits per heavy atom. The van der Waals surface area contributed by atoms with Gasteiger partial charge in [-0.3, -0.25) is 0 Å². The molecule has 0 spiro atoms. The molecule has 0 bridgehead atoms. The van der Waals surface area contributed by atoms with Crippen LogP contribution in [0.3, 0.4) is 0 Å². The van der Waals surface area contributed by atoms with Gasteiger partial charge >= 0.3 is 0 Å². The fourth-order valence-corrected chi connectivity index (χ4v) is 3.31. The molecule has 2 aromatic rings. The molecule has 2 rings (SSSR count). The molecule has 1 unspecified atom stereocenters. The first kappa shape index (κ1) is 15.2. The second-order valence-electron chi connectivity index (χ2n) is 4.22. The highest BCUT2D eigenvalue weighted by Gasteiger charge is 2.12. The molecule has 0 fully saturated rings. The number of aliphatic hydroxyl groups excluding tert-OH is 1. The first-order chi connectivity index (χ1) is 9.51. The minimum atomic E-state index is -0.622. The van der Waals surface area contributed by atoms with Gasteiger partial charge in [-0.15, -0.1) is 0 Å². The van der Waals surface area contributed by atoms with Crippen LogP contribution >= 0.6 is 35.0 Å². The number of benzene rings is 2. The maximum absolute atomic E-state index is 9.81. The van der Waals surface area contributed by atoms with E-state index in [9.17, 15) is 5.11 Å². The third-order valence-electron chi connectivity index (χ3n) is 2.71. The predicted molar refractivity (Wildman–Crippen MR) is 82.4 cm³/mol. The largest absolute Gasteiger partial charge is 0.389 e. The van der Waals surface area contributed by atoms with Crippen molar-refractivity contribution in [3.05, 3.63) is 57.6 Å². The molecule has 0 radical (unpaired) electrons. The molecule has 0 saturated heterocycles. The summed E-state index contributed by atoms with van der Waals surface area (Å²) in [6.45, 7) is 1.69. The van der Waals surface area contributed by atoms with E-state index >= 15 is 0 Å². The monoisotopic (exact) mass is 323 g/mol. The molecule has 2 aromatic carbocycles. The van der Waals surface area contributed by atoms with Gasteiger partial charge in [0.25, 0.3) is 0 Å². The first-order valence-corrected chi connectivity index (χ1v) is 7.43. The quantitative estimate of drug-likeness (QED) is 0.857. The van der Waals surface area contributed by atoms with E-state index < -0.39 is 6.10 Å². The van der Waals surface area contributed by atoms with Gasteiger partial charge in [-0.05, 0) is 42.8 Å². The topological polar surface area (TPSA) is 44.0 Å². The van der Waals surface area contributed by atoms with E-state index in [2.05, 4.69) is 6.07 Å². The second-order valence-corrected chi connectivity index (χ2v) is 6.14. The van der Waals surface area contributed by atoms with Crippen molar-refractivity contribution >= 4 is 35.0 Å². The molecular weight excluding hydrogens is 313 g/mol. The maximum atomic E-state index is 9.81. The van der Waals surface area contributed by atoms with E-state index in [0.717, 1.165) is 15.4 Å². The minimum absolute atomic E-state index is 0.537. The minimum Gasteiger partial charge on any atom is -0.389 e. The van der Waals surface area contributed by atoms with E-state index in [0.29, 0.717) is 15.6 Å². The number of hydrogen-bond acceptors (Lipinski definition) is 3. The molecule has 0 heterocycles. The van der Waals surface area contributed by atoms with Gasteiger partial charge in [-0.25, -0.2) is 0 Å². The fourth-order valence-electron chi connectivity index (χ4n) is 1.71. The van der Waals surface area contributed by atoms with Gasteiger partial charge < -0.3 is 5.11 Å². The Morgan fingerprint density at radius 3 is 2.55 bits per heavy atom. The Labute approximate surface area is 131 Å². The van der Waals surface area contributed by atoms with Crippen LogP contribution in [0.15, 0.2) is 46.2 Å². The lowest BCUT2D eigenvalue weighted by atomic mass is 10.1. The van der Waals surface area contributed by atoms with Crippen LogP contribution in [0.1, 0.15) is 24.2 Å². The SMILES string of the molecule is CC(O)c1ccc(C#N)cc1Sc1cc(Cl)ccc1Cl. The smallest absolute Gasteiger partial charge is 0.0992 e. The second kappa shape index (κ2) is 6.51. The summed E-state index contributed by atoms with van der Waals surface area (Å²) in [6, 6.07) is 12.5. The Bertz CT molecular complexity index is 680. The molecule has 2 nitrogen and oxygen atoms in total. The van der Waals surface area contributed by atoms with E-state index in [1.807, 2.05) is 0 Å². The highest BCUT2D eigenvalue weighted by molar-refractivity contribution is 7.99. The van der Waals surface area contributed by atoms with Gasteiger partial charge in [0.2, 0.25) is 0 Å². The van der Waals surface area contributed by atoms with E-state index in [1.54, 1.807) is 43.3 Å². The zero-order valence-electron chi connectivity index (χ0n) is 10.6. The predicted octanol–water partition coefficient (Wildman–Crippen LogP) is 5.07. The summed E-state index contributed by atoms with van der Waals surface area (Å²) in [7, 11) is 0. The first-order valence-electron chi connectivity index (χ1n) is 5.86. The molecular formula is C15H11Cl2NOS. The van der Waals surface area contributed by atoms with Gasteiger partial charge in [0, 0.05) is 14.8 Å². The Balaban J connectivity index is 2.46. The molecule has 5 heteroatoms. The standard InChI is InChI=1S/C15H11Cl2NOS/c1-9(19)12-4-2-10(8-18)6-14(12)20-15-7-11(16)3-5-13(15)17/h2-7,9,19H,1H3. The number of rotatable bonds is 3. The van der Waals surface area contributed by atoms with Crippen molar-refractivity contribution in [2.45, 2.75) is 22.8 Å². The van der Waals surface area contributed by atoms with Crippen molar-refractivity contribution in [2.24, 2.45) is 0 Å². The van der Waals surface area contributed by atoms with Gasteiger partial charge in [0.05, 0.1) is 22.8 Å². The molecule has 0 amide bonds. The van der Waals surface area contributed by atoms with Crippen LogP contribution in [0.5, 0.6) is 0 Å². The van der Waals surface area contributed by atoms with Crippen LogP contribution in [0, 0.1) is 11.3 Å². The molecule has 0 aliphatic carbocycles. The summed E-state index contributed by atoms with van der Waals surface area (Å²) < 4.78 is 0. The average molecular weight is 324 g/mol. The molecule has 0 aromatic heterocycles. The van der Waals surface area contributed by atoms with Crippen LogP contribution < -0.4 is 0 Å². The van der Waals surface area contributed by atoms with Crippen LogP contribution in [-0.4, -0.2) is 5.11 Å². The van der Waals surface area contributed by atoms with Crippen molar-refractivity contribution in [1.82, 2.24) is 0 Å². The van der Waals surface area contributed by atoms with Gasteiger partial charge in [0.1, 0.15) is 0 Å². The number of nitriles is 1. The summed E-state index contributed by atoms with van der Waals surface area (Å²) in [6.07, 6.45) is -0.622. The number of aliphatic hydroxyl groups is 1. The summed E-state index contributed by atoms with van der Waals surface area (Å²) in [5.41, 5.74) is 1.29. The molecule has 0 aliphatic rings. The van der Waals surface area contributed by atoms with Crippen LogP contribution in [0.4, 0.5) is 0 Å². The van der Waals surface area contributed by atoms with E-state index in [-0.39, 0.29) is 0 Å². The summed E-state index contributed by atoms with van der Waals surface area (Å²) in [5.74, 6) is 0. The van der Waals surface area contributed by atoms with Crippen molar-refractivity contribution < 1.29 is 5.11 Å². The Kier molecular flexibility index (Phi) is 4.95. The van der Waals surface area contributed by atoms with Gasteiger partial charge in [0.15, 0.2) is 0 Å². The van der Waals surface area contributed by atoms with Crippen molar-refractivity contribution in [3.63, 3.8) is 0 Å². The number of hydrogen-bond donors (Lipinski definition) is 1. The summed E-state index contributed by atoms with van der Waals surface area (Å²) in [5, 5.41) is 20.0. The van der Waals surface area contributed by atoms with E-state index in [1.165, 1.54) is 11.8 Å². The summed E-state index contributed by atoms with van der Waals surface area (Å²) in [4.78, 5) is 1.58. The lowest BCUT2D eigenvalue weighted by Crippen LogP contribution is -1.95. The molecule has 1 N–H and O–H groups in total. The van der Waals surface area contributed by atoms with Gasteiger partial charge in [-0.2, -0.15) is 5.26 Å². The third-order valence-corrected chi connectivity index (χ3v) is 4.51. The third kappa shape index (κ3) is 3.47. The zero-order valence-corrected chi connectivity index (χ0v) is 12.9. The number of halogens is 2. The normalized spacial score (nSPS) is 11.9. The molecule has 1 atom stereocenters. The maximum Gasteiger partial charge on any atom is 0.0992 e. The van der Waals surface area contributed by atoms with Crippen molar-refractivity contribution in [1.29, 1.82) is 5.26 Å². The lowest BCUT2D eigenvalue weighted by molar-refractivity contribution is 0.196. The van der Waals surface area contributed by atoms with Crippen LogP contribution in [-0.2, 0) is 0 Å². The van der Waals surface area contributed by atoms with Crippen molar-refractivity contribution in [3.8, 4) is 6.07 Å².